The number of aromatic nitrogens is 6. The van der Waals surface area contributed by atoms with Crippen molar-refractivity contribution < 1.29 is 8.83 Å². The largest absolute Gasteiger partial charge is 0.455 e. The van der Waals surface area contributed by atoms with Gasteiger partial charge in [0, 0.05) is 106 Å². The lowest BCUT2D eigenvalue weighted by Crippen LogP contribution is -1.96. The van der Waals surface area contributed by atoms with E-state index in [1.807, 2.05) is 77.3 Å². The van der Waals surface area contributed by atoms with E-state index in [0.29, 0.717) is 11.6 Å². The van der Waals surface area contributed by atoms with Crippen molar-refractivity contribution in [1.29, 1.82) is 0 Å². The summed E-state index contributed by atoms with van der Waals surface area (Å²) >= 11 is 3.66. The Morgan fingerprint density at radius 1 is 0.213 bits per heavy atom. The first-order valence-electron chi connectivity index (χ1n) is 36.1. The zero-order valence-electron chi connectivity index (χ0n) is 57.6. The van der Waals surface area contributed by atoms with Gasteiger partial charge in [-0.3, -0.25) is 0 Å². The summed E-state index contributed by atoms with van der Waals surface area (Å²) < 4.78 is 18.6. The normalized spacial score (nSPS) is 11.9. The smallest absolute Gasteiger partial charge is 0.160 e. The molecular formula is C98H56N6O2S2. The van der Waals surface area contributed by atoms with Crippen LogP contribution in [0.25, 0.3) is 230 Å². The highest BCUT2D eigenvalue weighted by Gasteiger charge is 2.23. The summed E-state index contributed by atoms with van der Waals surface area (Å²) in [7, 11) is 0. The Balaban J connectivity index is 0.586. The molecule has 0 aliphatic rings. The van der Waals surface area contributed by atoms with Crippen LogP contribution in [0.5, 0.6) is 0 Å². The lowest BCUT2D eigenvalue weighted by atomic mass is 9.97. The zero-order valence-corrected chi connectivity index (χ0v) is 59.3. The van der Waals surface area contributed by atoms with Crippen molar-refractivity contribution in [1.82, 2.24) is 29.9 Å². The first-order chi connectivity index (χ1) is 53.5. The second-order valence-electron chi connectivity index (χ2n) is 27.5. The van der Waals surface area contributed by atoms with Gasteiger partial charge in [0.25, 0.3) is 0 Å². The average Bonchev–Trinajstić information content (AvgIpc) is 1.57. The fourth-order valence-corrected chi connectivity index (χ4v) is 18.3. The third kappa shape index (κ3) is 10.3. The van der Waals surface area contributed by atoms with E-state index < -0.39 is 0 Å². The van der Waals surface area contributed by atoms with Gasteiger partial charge >= 0.3 is 0 Å². The summed E-state index contributed by atoms with van der Waals surface area (Å²) in [5.74, 6) is 1.31. The Hall–Kier alpha value is -13.9. The molecule has 0 aliphatic heterocycles. The van der Waals surface area contributed by atoms with Crippen molar-refractivity contribution >= 4 is 129 Å². The van der Waals surface area contributed by atoms with Crippen LogP contribution in [-0.4, -0.2) is 29.9 Å². The van der Waals surface area contributed by atoms with Crippen molar-refractivity contribution in [3.05, 3.63) is 340 Å². The van der Waals surface area contributed by atoms with Crippen LogP contribution in [0.3, 0.4) is 0 Å². The molecule has 0 N–H and O–H groups in total. The molecule has 0 fully saturated rings. The number of nitrogens with zero attached hydrogens (tertiary/aromatic N) is 6. The van der Waals surface area contributed by atoms with Crippen LogP contribution in [-0.2, 0) is 0 Å². The summed E-state index contributed by atoms with van der Waals surface area (Å²) in [4.78, 5) is 31.8. The van der Waals surface area contributed by atoms with Gasteiger partial charge in [0.2, 0.25) is 0 Å². The molecule has 0 amide bonds. The molecule has 0 bridgehead atoms. The zero-order chi connectivity index (χ0) is 70.9. The van der Waals surface area contributed by atoms with Gasteiger partial charge < -0.3 is 8.83 Å². The fourth-order valence-electron chi connectivity index (χ4n) is 15.8. The van der Waals surface area contributed by atoms with E-state index in [0.717, 1.165) is 172 Å². The maximum atomic E-state index is 7.00. The molecule has 502 valence electrons. The van der Waals surface area contributed by atoms with Crippen LogP contribution in [0.2, 0.25) is 0 Å². The van der Waals surface area contributed by atoms with Gasteiger partial charge in [-0.05, 0) is 100 Å². The Morgan fingerprint density at radius 2 is 0.583 bits per heavy atom. The van der Waals surface area contributed by atoms with Gasteiger partial charge in [-0.15, -0.1) is 22.7 Å². The highest BCUT2D eigenvalue weighted by Crippen LogP contribution is 2.47. The monoisotopic (exact) mass is 1410 g/mol. The number of benzene rings is 14. The molecule has 8 heterocycles. The molecule has 0 saturated heterocycles. The Labute approximate surface area is 626 Å². The van der Waals surface area contributed by atoms with Crippen molar-refractivity contribution in [3.8, 4) is 124 Å². The molecule has 8 nitrogen and oxygen atoms in total. The predicted molar refractivity (Wildman–Crippen MR) is 448 cm³/mol. The topological polar surface area (TPSA) is 104 Å². The number of fused-ring (bicyclic) bond motifs is 16. The minimum atomic E-state index is 0.616. The van der Waals surface area contributed by atoms with Crippen LogP contribution in [0.1, 0.15) is 0 Å². The van der Waals surface area contributed by atoms with Gasteiger partial charge in [-0.2, -0.15) is 0 Å². The van der Waals surface area contributed by atoms with Gasteiger partial charge in [-0.1, -0.05) is 273 Å². The van der Waals surface area contributed by atoms with E-state index in [-0.39, 0.29) is 0 Å². The first kappa shape index (κ1) is 61.6. The third-order valence-corrected chi connectivity index (χ3v) is 23.6. The number of pyridine rings is 2. The van der Waals surface area contributed by atoms with Crippen LogP contribution in [0, 0.1) is 0 Å². The van der Waals surface area contributed by atoms with E-state index in [1.165, 1.54) is 45.9 Å². The molecule has 10 heteroatoms. The van der Waals surface area contributed by atoms with Gasteiger partial charge in [0.05, 0.1) is 56.0 Å². The average molecular weight is 1410 g/mol. The summed E-state index contributed by atoms with van der Waals surface area (Å²) in [5, 5.41) is 11.0. The number of thiophene rings is 2. The third-order valence-electron chi connectivity index (χ3n) is 21.2. The summed E-state index contributed by atoms with van der Waals surface area (Å²) in [5.41, 5.74) is 24.6. The number of hydrogen-bond donors (Lipinski definition) is 0. The second kappa shape index (κ2) is 24.9. The highest BCUT2D eigenvalue weighted by atomic mass is 32.1. The number of furan rings is 2. The molecule has 14 aromatic carbocycles. The van der Waals surface area contributed by atoms with Crippen LogP contribution >= 0.6 is 22.7 Å². The summed E-state index contributed by atoms with van der Waals surface area (Å²) in [6, 6.07) is 120. The molecule has 0 aliphatic carbocycles. The Kier molecular flexibility index (Phi) is 14.2. The van der Waals surface area contributed by atoms with E-state index in [9.17, 15) is 0 Å². The SMILES string of the molecule is c1ccc(-c2nc(-c3ccc(-c4ccc(-c5nc6ccccc6c6oc7cc(-c8ccc(-c9cc(-c%10ccc(-c%11cccc%12c%11sc%11ccccc%11%12)cc%10)nc(-c%10ccc(-c%11nc%12ccccc%12c%12oc%13ccccc%13c%11%12)cc%10)n9)cc8)ccc7c56)cc4)cc3)cc(-c3cccc4c3sc3ccccc34)n2)cc1. The van der Waals surface area contributed by atoms with Crippen molar-refractivity contribution in [2.45, 2.75) is 0 Å². The molecular weight excluding hydrogens is 1360 g/mol. The molecule has 0 unspecified atom stereocenters. The molecule has 0 saturated carbocycles. The molecule has 22 rings (SSSR count). The van der Waals surface area contributed by atoms with E-state index >= 15 is 0 Å². The van der Waals surface area contributed by atoms with Gasteiger partial charge in [-0.25, -0.2) is 29.9 Å². The summed E-state index contributed by atoms with van der Waals surface area (Å²) in [6.07, 6.45) is 0. The van der Waals surface area contributed by atoms with Crippen molar-refractivity contribution in [2.75, 3.05) is 0 Å². The lowest BCUT2D eigenvalue weighted by Gasteiger charge is -2.12. The van der Waals surface area contributed by atoms with E-state index in [2.05, 4.69) is 285 Å². The quantitative estimate of drug-likeness (QED) is 0.126. The standard InChI is InChI=1S/C98H56N6O2S2/c1-2-16-66(17-3-1)97-103-83(56-84(104-97)76-26-15-25-73-71-19-8-13-31-88(71)108-96(73)76)62-40-32-57(33-41-62)58-36-46-64(47-37-58)92-90-78-53-52-68(54-86(78)106-94(90)75-21-5-10-28-80(75)100-92)59-34-42-61(43-35-59)81-55-82(63-44-38-60(39-45-63)69-23-14-24-72-70-18-7-12-30-87(70)107-95(69)72)102-98(101-81)67-50-48-65(49-51-67)91-89-77-22-6-11-29-85(77)105-93(89)74-20-4-9-27-79(74)99-91/h1-56H. The van der Waals surface area contributed by atoms with E-state index in [1.54, 1.807) is 0 Å². The van der Waals surface area contributed by atoms with Gasteiger partial charge in [0.15, 0.2) is 11.6 Å². The highest BCUT2D eigenvalue weighted by molar-refractivity contribution is 7.26. The van der Waals surface area contributed by atoms with Crippen molar-refractivity contribution in [2.24, 2.45) is 0 Å². The fraction of sp³-hybridized carbons (Fsp3) is 0. The maximum absolute atomic E-state index is 7.00. The van der Waals surface area contributed by atoms with Gasteiger partial charge in [0.1, 0.15) is 22.3 Å². The first-order valence-corrected chi connectivity index (χ1v) is 37.7. The Morgan fingerprint density at radius 3 is 1.14 bits per heavy atom. The second-order valence-corrected chi connectivity index (χ2v) is 29.6. The number of hydrogen-bond acceptors (Lipinski definition) is 10. The number of rotatable bonds is 11. The van der Waals surface area contributed by atoms with E-state index in [4.69, 9.17) is 38.7 Å². The summed E-state index contributed by atoms with van der Waals surface area (Å²) in [6.45, 7) is 0. The lowest BCUT2D eigenvalue weighted by molar-refractivity contribution is 0.672. The van der Waals surface area contributed by atoms with Crippen LogP contribution in [0.15, 0.2) is 349 Å². The number of para-hydroxylation sites is 3. The molecule has 0 atom stereocenters. The minimum Gasteiger partial charge on any atom is -0.455 e. The molecule has 0 radical (unpaired) electrons. The predicted octanol–water partition coefficient (Wildman–Crippen LogP) is 27.2. The Bertz CT molecular complexity index is 7390. The van der Waals surface area contributed by atoms with Crippen molar-refractivity contribution in [3.63, 3.8) is 0 Å². The van der Waals surface area contributed by atoms with Crippen LogP contribution < -0.4 is 0 Å². The maximum Gasteiger partial charge on any atom is 0.160 e. The molecule has 0 spiro atoms. The molecule has 8 aromatic heterocycles. The molecule has 108 heavy (non-hydrogen) atoms. The van der Waals surface area contributed by atoms with Crippen LogP contribution in [0.4, 0.5) is 0 Å². The molecule has 22 aromatic rings. The minimum absolute atomic E-state index is 0.616.